The van der Waals surface area contributed by atoms with Crippen molar-refractivity contribution in [3.05, 3.63) is 48.0 Å². The molecule has 1 saturated heterocycles. The standard InChI is InChI=1S/C20H24N2/c1-2-20(16-21,12-15-22-13-5-6-14-22)19-11-7-9-17-8-3-4-10-18(17)19/h3-4,7-11H,2,5-6,12-15H2,1H3/t20-/m1/s1. The molecule has 0 saturated carbocycles. The summed E-state index contributed by atoms with van der Waals surface area (Å²) >= 11 is 0. The first-order valence-electron chi connectivity index (χ1n) is 8.41. The van der Waals surface area contributed by atoms with Crippen molar-refractivity contribution in [1.29, 1.82) is 5.26 Å². The highest BCUT2D eigenvalue weighted by Crippen LogP contribution is 2.36. The van der Waals surface area contributed by atoms with E-state index < -0.39 is 0 Å². The van der Waals surface area contributed by atoms with Crippen LogP contribution in [-0.2, 0) is 5.41 Å². The molecule has 0 aliphatic carbocycles. The van der Waals surface area contributed by atoms with Crippen LogP contribution in [-0.4, -0.2) is 24.5 Å². The Kier molecular flexibility index (Phi) is 4.45. The van der Waals surface area contributed by atoms with Crippen LogP contribution in [0.15, 0.2) is 42.5 Å². The Bertz CT molecular complexity index is 674. The molecule has 2 heteroatoms. The van der Waals surface area contributed by atoms with Crippen LogP contribution < -0.4 is 0 Å². The highest BCUT2D eigenvalue weighted by molar-refractivity contribution is 5.87. The van der Waals surface area contributed by atoms with Gasteiger partial charge >= 0.3 is 0 Å². The molecule has 22 heavy (non-hydrogen) atoms. The van der Waals surface area contributed by atoms with Crippen molar-refractivity contribution in [3.8, 4) is 6.07 Å². The van der Waals surface area contributed by atoms with Crippen LogP contribution in [0.2, 0.25) is 0 Å². The van der Waals surface area contributed by atoms with Crippen molar-refractivity contribution < 1.29 is 0 Å². The molecule has 1 aliphatic rings. The lowest BCUT2D eigenvalue weighted by atomic mass is 9.74. The molecule has 1 heterocycles. The predicted octanol–water partition coefficient (Wildman–Crippen LogP) is 4.50. The Labute approximate surface area is 133 Å². The molecule has 0 amide bonds. The third-order valence-corrected chi connectivity index (χ3v) is 5.18. The Morgan fingerprint density at radius 2 is 1.82 bits per heavy atom. The predicted molar refractivity (Wildman–Crippen MR) is 91.8 cm³/mol. The smallest absolute Gasteiger partial charge is 0.0837 e. The highest BCUT2D eigenvalue weighted by Gasteiger charge is 2.32. The molecule has 2 aromatic rings. The fraction of sp³-hybridized carbons (Fsp3) is 0.450. The van der Waals surface area contributed by atoms with Crippen LogP contribution in [0.1, 0.15) is 38.2 Å². The molecular formula is C20H24N2. The third kappa shape index (κ3) is 2.74. The van der Waals surface area contributed by atoms with Crippen molar-refractivity contribution >= 4 is 10.8 Å². The van der Waals surface area contributed by atoms with Gasteiger partial charge in [-0.25, -0.2) is 0 Å². The minimum atomic E-state index is -0.372. The molecule has 1 fully saturated rings. The Balaban J connectivity index is 1.96. The van der Waals surface area contributed by atoms with E-state index in [2.05, 4.69) is 60.4 Å². The van der Waals surface area contributed by atoms with Gasteiger partial charge < -0.3 is 4.90 Å². The van der Waals surface area contributed by atoms with Crippen molar-refractivity contribution in [2.45, 2.75) is 38.0 Å². The first-order chi connectivity index (χ1) is 10.8. The van der Waals surface area contributed by atoms with Gasteiger partial charge in [-0.1, -0.05) is 49.4 Å². The number of benzene rings is 2. The molecule has 0 N–H and O–H groups in total. The molecule has 1 aliphatic heterocycles. The number of nitrogens with zero attached hydrogens (tertiary/aromatic N) is 2. The number of nitriles is 1. The Morgan fingerprint density at radius 1 is 1.09 bits per heavy atom. The summed E-state index contributed by atoms with van der Waals surface area (Å²) in [6.45, 7) is 5.57. The Hall–Kier alpha value is -1.85. The molecule has 0 radical (unpaired) electrons. The van der Waals surface area contributed by atoms with Gasteiger partial charge in [0.2, 0.25) is 0 Å². The zero-order chi connectivity index (χ0) is 15.4. The maximum atomic E-state index is 9.99. The van der Waals surface area contributed by atoms with E-state index in [-0.39, 0.29) is 5.41 Å². The second kappa shape index (κ2) is 6.50. The van der Waals surface area contributed by atoms with E-state index in [0.29, 0.717) is 0 Å². The molecule has 0 bridgehead atoms. The topological polar surface area (TPSA) is 27.0 Å². The molecule has 2 aromatic carbocycles. The van der Waals surface area contributed by atoms with Crippen molar-refractivity contribution in [1.82, 2.24) is 4.90 Å². The van der Waals surface area contributed by atoms with Crippen molar-refractivity contribution in [2.75, 3.05) is 19.6 Å². The maximum absolute atomic E-state index is 9.99. The molecule has 114 valence electrons. The zero-order valence-corrected chi connectivity index (χ0v) is 13.4. The molecule has 2 nitrogen and oxygen atoms in total. The van der Waals surface area contributed by atoms with Gasteiger partial charge in [0.25, 0.3) is 0 Å². The molecule has 0 spiro atoms. The zero-order valence-electron chi connectivity index (χ0n) is 13.4. The van der Waals surface area contributed by atoms with Gasteiger partial charge in [0, 0.05) is 0 Å². The number of hydrogen-bond acceptors (Lipinski definition) is 2. The van der Waals surface area contributed by atoms with Gasteiger partial charge in [0.05, 0.1) is 11.5 Å². The lowest BCUT2D eigenvalue weighted by Gasteiger charge is -2.29. The third-order valence-electron chi connectivity index (χ3n) is 5.18. The lowest BCUT2D eigenvalue weighted by Crippen LogP contribution is -2.31. The SMILES string of the molecule is CC[C@](C#N)(CCN1CCCC1)c1cccc2ccccc12. The summed E-state index contributed by atoms with van der Waals surface area (Å²) < 4.78 is 0. The fourth-order valence-electron chi connectivity index (χ4n) is 3.69. The van der Waals surface area contributed by atoms with E-state index in [1.165, 1.54) is 42.3 Å². The fourth-order valence-corrected chi connectivity index (χ4v) is 3.69. The molecule has 1 atom stereocenters. The van der Waals surface area contributed by atoms with Crippen LogP contribution >= 0.6 is 0 Å². The minimum Gasteiger partial charge on any atom is -0.303 e. The van der Waals surface area contributed by atoms with Crippen LogP contribution in [0.25, 0.3) is 10.8 Å². The van der Waals surface area contributed by atoms with Crippen LogP contribution in [0, 0.1) is 11.3 Å². The quantitative estimate of drug-likeness (QED) is 0.811. The average Bonchev–Trinajstić information content (AvgIpc) is 3.10. The van der Waals surface area contributed by atoms with Gasteiger partial charge in [0.15, 0.2) is 0 Å². The van der Waals surface area contributed by atoms with E-state index >= 15 is 0 Å². The monoisotopic (exact) mass is 292 g/mol. The summed E-state index contributed by atoms with van der Waals surface area (Å²) in [7, 11) is 0. The second-order valence-corrected chi connectivity index (χ2v) is 6.37. The maximum Gasteiger partial charge on any atom is 0.0837 e. The van der Waals surface area contributed by atoms with Gasteiger partial charge in [-0.2, -0.15) is 5.26 Å². The van der Waals surface area contributed by atoms with Crippen LogP contribution in [0.3, 0.4) is 0 Å². The largest absolute Gasteiger partial charge is 0.303 e. The highest BCUT2D eigenvalue weighted by atomic mass is 15.1. The number of hydrogen-bond donors (Lipinski definition) is 0. The van der Waals surface area contributed by atoms with E-state index in [0.717, 1.165) is 19.4 Å². The molecule has 0 aromatic heterocycles. The minimum absolute atomic E-state index is 0.372. The molecular weight excluding hydrogens is 268 g/mol. The van der Waals surface area contributed by atoms with E-state index in [1.54, 1.807) is 0 Å². The summed E-state index contributed by atoms with van der Waals surface area (Å²) in [6.07, 6.45) is 4.40. The first-order valence-corrected chi connectivity index (χ1v) is 8.41. The van der Waals surface area contributed by atoms with Crippen molar-refractivity contribution in [2.24, 2.45) is 0 Å². The summed E-state index contributed by atoms with van der Waals surface area (Å²) in [6, 6.07) is 17.5. The summed E-state index contributed by atoms with van der Waals surface area (Å²) in [5, 5.41) is 12.5. The van der Waals surface area contributed by atoms with E-state index in [1.807, 2.05) is 0 Å². The van der Waals surface area contributed by atoms with Gasteiger partial charge in [-0.3, -0.25) is 0 Å². The lowest BCUT2D eigenvalue weighted by molar-refractivity contribution is 0.301. The van der Waals surface area contributed by atoms with Gasteiger partial charge in [-0.05, 0) is 61.7 Å². The summed E-state index contributed by atoms with van der Waals surface area (Å²) in [5.41, 5.74) is 0.832. The van der Waals surface area contributed by atoms with Crippen molar-refractivity contribution in [3.63, 3.8) is 0 Å². The number of rotatable bonds is 5. The summed E-state index contributed by atoms with van der Waals surface area (Å²) in [5.74, 6) is 0. The average molecular weight is 292 g/mol. The van der Waals surface area contributed by atoms with Crippen LogP contribution in [0.5, 0.6) is 0 Å². The first kappa shape index (κ1) is 15.1. The number of fused-ring (bicyclic) bond motifs is 1. The van der Waals surface area contributed by atoms with Gasteiger partial charge in [0.1, 0.15) is 0 Å². The molecule has 0 unspecified atom stereocenters. The summed E-state index contributed by atoms with van der Waals surface area (Å²) in [4.78, 5) is 2.51. The van der Waals surface area contributed by atoms with E-state index in [4.69, 9.17) is 0 Å². The van der Waals surface area contributed by atoms with Crippen LogP contribution in [0.4, 0.5) is 0 Å². The van der Waals surface area contributed by atoms with E-state index in [9.17, 15) is 5.26 Å². The Morgan fingerprint density at radius 3 is 2.55 bits per heavy atom. The molecule has 3 rings (SSSR count). The number of likely N-dealkylation sites (tertiary alicyclic amines) is 1. The second-order valence-electron chi connectivity index (χ2n) is 6.37. The van der Waals surface area contributed by atoms with Gasteiger partial charge in [-0.15, -0.1) is 0 Å². The normalized spacial score (nSPS) is 18.2.